The van der Waals surface area contributed by atoms with Crippen molar-refractivity contribution in [2.24, 2.45) is 0 Å². The molecule has 0 spiro atoms. The fourth-order valence-electron chi connectivity index (χ4n) is 1.63. The number of hydrogen-bond donors (Lipinski definition) is 1. The van der Waals surface area contributed by atoms with Crippen molar-refractivity contribution in [3.8, 4) is 11.5 Å². The van der Waals surface area contributed by atoms with E-state index in [1.54, 1.807) is 24.3 Å². The number of benzene rings is 2. The van der Waals surface area contributed by atoms with Gasteiger partial charge in [-0.2, -0.15) is 3.89 Å². The number of ether oxygens (including phenoxy) is 1. The van der Waals surface area contributed by atoms with Crippen molar-refractivity contribution < 1.29 is 8.62 Å². The second-order valence-corrected chi connectivity index (χ2v) is 4.41. The van der Waals surface area contributed by atoms with Crippen LogP contribution in [0.15, 0.2) is 53.4 Å². The molecule has 0 heterocycles. The molecule has 0 saturated heterocycles. The Morgan fingerprint density at radius 1 is 1.11 bits per heavy atom. The highest BCUT2D eigenvalue weighted by atomic mass is 32.2. The first-order chi connectivity index (χ1) is 8.83. The molecule has 0 aliphatic heterocycles. The van der Waals surface area contributed by atoms with E-state index in [2.05, 4.69) is 5.32 Å². The molecule has 94 valence electrons. The van der Waals surface area contributed by atoms with Crippen LogP contribution in [-0.2, 0) is 6.54 Å². The SMILES string of the molecule is CNCc1ccccc1Oc1ccc(SF)cc1. The Balaban J connectivity index is 2.17. The van der Waals surface area contributed by atoms with Crippen LogP contribution in [0.3, 0.4) is 0 Å². The van der Waals surface area contributed by atoms with Gasteiger partial charge in [-0.25, -0.2) is 0 Å². The van der Waals surface area contributed by atoms with Crippen LogP contribution in [0.1, 0.15) is 5.56 Å². The molecular formula is C14H14FNOS. The molecule has 4 heteroatoms. The van der Waals surface area contributed by atoms with E-state index in [-0.39, 0.29) is 12.1 Å². The zero-order valence-electron chi connectivity index (χ0n) is 10.0. The number of hydrogen-bond acceptors (Lipinski definition) is 3. The van der Waals surface area contributed by atoms with Crippen LogP contribution in [0.2, 0.25) is 0 Å². The van der Waals surface area contributed by atoms with E-state index in [4.69, 9.17) is 4.74 Å². The lowest BCUT2D eigenvalue weighted by Crippen LogP contribution is -2.06. The molecule has 18 heavy (non-hydrogen) atoms. The first-order valence-electron chi connectivity index (χ1n) is 5.62. The predicted octanol–water partition coefficient (Wildman–Crippen LogP) is 4.17. The maximum Gasteiger partial charge on any atom is 0.131 e. The van der Waals surface area contributed by atoms with Crippen LogP contribution in [0.5, 0.6) is 11.5 Å². The molecule has 0 atom stereocenters. The van der Waals surface area contributed by atoms with E-state index in [9.17, 15) is 3.89 Å². The maximum atomic E-state index is 12.3. The third-order valence-electron chi connectivity index (χ3n) is 2.48. The van der Waals surface area contributed by atoms with Crippen molar-refractivity contribution in [1.29, 1.82) is 0 Å². The predicted molar refractivity (Wildman–Crippen MR) is 72.7 cm³/mol. The summed E-state index contributed by atoms with van der Waals surface area (Å²) < 4.78 is 18.1. The van der Waals surface area contributed by atoms with Gasteiger partial charge in [-0.15, -0.1) is 0 Å². The molecule has 0 aliphatic carbocycles. The molecule has 2 rings (SSSR count). The topological polar surface area (TPSA) is 21.3 Å². The van der Waals surface area contributed by atoms with Gasteiger partial charge in [-0.05, 0) is 37.4 Å². The minimum atomic E-state index is 0.230. The molecule has 0 aliphatic rings. The Kier molecular flexibility index (Phi) is 4.61. The normalized spacial score (nSPS) is 10.3. The van der Waals surface area contributed by atoms with E-state index < -0.39 is 0 Å². The summed E-state index contributed by atoms with van der Waals surface area (Å²) in [6.07, 6.45) is 0. The molecule has 0 bridgehead atoms. The zero-order chi connectivity index (χ0) is 12.8. The van der Waals surface area contributed by atoms with Crippen molar-refractivity contribution in [1.82, 2.24) is 5.32 Å². The van der Waals surface area contributed by atoms with E-state index in [1.165, 1.54) is 0 Å². The fourth-order valence-corrected chi connectivity index (χ4v) is 1.86. The Hall–Kier alpha value is -1.52. The standard InChI is InChI=1S/C14H14FNOS/c1-16-10-11-4-2-3-5-14(11)17-12-6-8-13(18-15)9-7-12/h2-9,16H,10H2,1H3. The van der Waals surface area contributed by atoms with E-state index in [0.717, 1.165) is 17.9 Å². The van der Waals surface area contributed by atoms with Crippen molar-refractivity contribution in [3.63, 3.8) is 0 Å². The van der Waals surface area contributed by atoms with Crippen molar-refractivity contribution in [2.75, 3.05) is 7.05 Å². The molecule has 0 aromatic heterocycles. The summed E-state index contributed by atoms with van der Waals surface area (Å²) in [5, 5.41) is 3.10. The molecule has 0 radical (unpaired) electrons. The molecule has 0 amide bonds. The summed E-state index contributed by atoms with van der Waals surface area (Å²) in [6, 6.07) is 14.8. The van der Waals surface area contributed by atoms with Crippen LogP contribution in [-0.4, -0.2) is 7.05 Å². The quantitative estimate of drug-likeness (QED) is 0.874. The Morgan fingerprint density at radius 2 is 1.83 bits per heavy atom. The molecule has 2 aromatic carbocycles. The van der Waals surface area contributed by atoms with E-state index >= 15 is 0 Å². The van der Waals surface area contributed by atoms with Crippen LogP contribution in [0.25, 0.3) is 0 Å². The van der Waals surface area contributed by atoms with Crippen molar-refractivity contribution in [2.45, 2.75) is 11.4 Å². The van der Waals surface area contributed by atoms with Crippen LogP contribution in [0.4, 0.5) is 3.89 Å². The van der Waals surface area contributed by atoms with Gasteiger partial charge >= 0.3 is 0 Å². The number of rotatable bonds is 5. The summed E-state index contributed by atoms with van der Waals surface area (Å²) in [4.78, 5) is 0.575. The van der Waals surface area contributed by atoms with E-state index in [0.29, 0.717) is 10.6 Å². The monoisotopic (exact) mass is 263 g/mol. The lowest BCUT2D eigenvalue weighted by atomic mass is 10.2. The first kappa shape index (κ1) is 12.9. The minimum absolute atomic E-state index is 0.230. The first-order valence-corrected chi connectivity index (χ1v) is 6.34. The Labute approximate surface area is 110 Å². The lowest BCUT2D eigenvalue weighted by molar-refractivity contribution is 0.474. The second kappa shape index (κ2) is 6.42. The van der Waals surface area contributed by atoms with Gasteiger partial charge in [0.1, 0.15) is 11.5 Å². The third kappa shape index (κ3) is 3.24. The fraction of sp³-hybridized carbons (Fsp3) is 0.143. The van der Waals surface area contributed by atoms with Gasteiger partial charge in [0.05, 0.1) is 12.1 Å². The van der Waals surface area contributed by atoms with Gasteiger partial charge in [0.2, 0.25) is 0 Å². The molecule has 1 N–H and O–H groups in total. The smallest absolute Gasteiger partial charge is 0.131 e. The molecular weight excluding hydrogens is 249 g/mol. The largest absolute Gasteiger partial charge is 0.457 e. The van der Waals surface area contributed by atoms with Gasteiger partial charge in [-0.3, -0.25) is 0 Å². The summed E-state index contributed by atoms with van der Waals surface area (Å²) >= 11 is 0.230. The van der Waals surface area contributed by atoms with Gasteiger partial charge in [0.25, 0.3) is 0 Å². The average Bonchev–Trinajstić information content (AvgIpc) is 2.42. The highest BCUT2D eigenvalue weighted by Crippen LogP contribution is 2.27. The highest BCUT2D eigenvalue weighted by molar-refractivity contribution is 7.94. The van der Waals surface area contributed by atoms with Crippen LogP contribution < -0.4 is 10.1 Å². The summed E-state index contributed by atoms with van der Waals surface area (Å²) in [7, 11) is 1.89. The number of nitrogens with one attached hydrogen (secondary N) is 1. The molecule has 0 saturated carbocycles. The zero-order valence-corrected chi connectivity index (χ0v) is 10.8. The lowest BCUT2D eigenvalue weighted by Gasteiger charge is -2.10. The average molecular weight is 263 g/mol. The minimum Gasteiger partial charge on any atom is -0.457 e. The molecule has 2 aromatic rings. The van der Waals surface area contributed by atoms with E-state index in [1.807, 2.05) is 31.3 Å². The summed E-state index contributed by atoms with van der Waals surface area (Å²) in [5.74, 6) is 1.52. The summed E-state index contributed by atoms with van der Waals surface area (Å²) in [5.41, 5.74) is 1.09. The van der Waals surface area contributed by atoms with Crippen molar-refractivity contribution in [3.05, 3.63) is 54.1 Å². The molecule has 0 fully saturated rings. The highest BCUT2D eigenvalue weighted by Gasteiger charge is 2.03. The summed E-state index contributed by atoms with van der Waals surface area (Å²) in [6.45, 7) is 0.745. The van der Waals surface area contributed by atoms with Crippen LogP contribution in [0, 0.1) is 0 Å². The van der Waals surface area contributed by atoms with Gasteiger partial charge < -0.3 is 10.1 Å². The Bertz CT molecular complexity index is 501. The van der Waals surface area contributed by atoms with Gasteiger partial charge in [-0.1, -0.05) is 18.2 Å². The second-order valence-electron chi connectivity index (χ2n) is 3.79. The molecule has 0 unspecified atom stereocenters. The van der Waals surface area contributed by atoms with Crippen molar-refractivity contribution >= 4 is 12.1 Å². The molecule has 2 nitrogen and oxygen atoms in total. The third-order valence-corrected chi connectivity index (χ3v) is 2.93. The van der Waals surface area contributed by atoms with Crippen LogP contribution >= 0.6 is 12.1 Å². The Morgan fingerprint density at radius 3 is 2.50 bits per heavy atom. The number of para-hydroxylation sites is 1. The van der Waals surface area contributed by atoms with Gasteiger partial charge in [0, 0.05) is 17.0 Å². The number of halogens is 1. The van der Waals surface area contributed by atoms with Gasteiger partial charge in [0.15, 0.2) is 0 Å². The maximum absolute atomic E-state index is 12.3.